The SMILES string of the molecule is COCCn1c(-c2ccc(SC(C)(C)C(=O)O)cc2)nc(C(=O)N2CCN(C)CC2)c1C. The van der Waals surface area contributed by atoms with Crippen molar-refractivity contribution in [3.05, 3.63) is 35.7 Å². The van der Waals surface area contributed by atoms with Gasteiger partial charge in [0.1, 0.15) is 16.3 Å². The largest absolute Gasteiger partial charge is 0.480 e. The number of piperazine rings is 1. The summed E-state index contributed by atoms with van der Waals surface area (Å²) in [5.74, 6) is -0.182. The Kier molecular flexibility index (Phi) is 7.63. The number of hydrogen-bond acceptors (Lipinski definition) is 6. The predicted octanol–water partition coefficient (Wildman–Crippen LogP) is 2.85. The number of amides is 1. The van der Waals surface area contributed by atoms with Crippen LogP contribution in [0.25, 0.3) is 11.4 Å². The monoisotopic (exact) mass is 460 g/mol. The van der Waals surface area contributed by atoms with Crippen LogP contribution >= 0.6 is 11.8 Å². The second kappa shape index (κ2) is 10.1. The maximum Gasteiger partial charge on any atom is 0.319 e. The molecule has 3 rings (SSSR count). The smallest absolute Gasteiger partial charge is 0.319 e. The molecule has 0 saturated carbocycles. The Morgan fingerprint density at radius 3 is 2.34 bits per heavy atom. The molecule has 174 valence electrons. The molecule has 0 atom stereocenters. The summed E-state index contributed by atoms with van der Waals surface area (Å²) in [7, 11) is 3.71. The topological polar surface area (TPSA) is 87.9 Å². The first-order valence-electron chi connectivity index (χ1n) is 10.7. The van der Waals surface area contributed by atoms with Crippen molar-refractivity contribution in [3.63, 3.8) is 0 Å². The highest BCUT2D eigenvalue weighted by molar-refractivity contribution is 8.01. The fourth-order valence-corrected chi connectivity index (χ4v) is 4.53. The molecular weight excluding hydrogens is 428 g/mol. The Morgan fingerprint density at radius 2 is 1.78 bits per heavy atom. The van der Waals surface area contributed by atoms with Gasteiger partial charge in [0.05, 0.1) is 6.61 Å². The van der Waals surface area contributed by atoms with Crippen LogP contribution in [-0.2, 0) is 16.1 Å². The number of likely N-dealkylation sites (N-methyl/N-ethyl adjacent to an activating group) is 1. The number of thioether (sulfide) groups is 1. The van der Waals surface area contributed by atoms with Gasteiger partial charge in [-0.05, 0) is 40.0 Å². The molecule has 0 radical (unpaired) electrons. The summed E-state index contributed by atoms with van der Waals surface area (Å²) in [6.07, 6.45) is 0. The number of carbonyl (C=O) groups is 2. The predicted molar refractivity (Wildman–Crippen MR) is 125 cm³/mol. The van der Waals surface area contributed by atoms with E-state index in [0.717, 1.165) is 29.2 Å². The van der Waals surface area contributed by atoms with Gasteiger partial charge in [0, 0.05) is 56.0 Å². The number of carboxylic acid groups (broad SMARTS) is 1. The minimum atomic E-state index is -0.920. The second-order valence-electron chi connectivity index (χ2n) is 8.55. The van der Waals surface area contributed by atoms with Gasteiger partial charge in [-0.15, -0.1) is 11.8 Å². The third kappa shape index (κ3) is 5.33. The van der Waals surface area contributed by atoms with Gasteiger partial charge in [0.15, 0.2) is 0 Å². The van der Waals surface area contributed by atoms with Crippen molar-refractivity contribution in [3.8, 4) is 11.4 Å². The summed E-state index contributed by atoms with van der Waals surface area (Å²) in [4.78, 5) is 34.3. The zero-order chi connectivity index (χ0) is 23.5. The lowest BCUT2D eigenvalue weighted by Gasteiger charge is -2.32. The van der Waals surface area contributed by atoms with Crippen LogP contribution < -0.4 is 0 Å². The first-order valence-corrected chi connectivity index (χ1v) is 11.5. The van der Waals surface area contributed by atoms with Crippen LogP contribution in [0.15, 0.2) is 29.2 Å². The first-order chi connectivity index (χ1) is 15.1. The van der Waals surface area contributed by atoms with Crippen molar-refractivity contribution in [2.75, 3.05) is 46.9 Å². The Bertz CT molecular complexity index is 963. The number of ether oxygens (including phenoxy) is 1. The molecule has 1 aliphatic rings. The molecule has 1 amide bonds. The Balaban J connectivity index is 1.90. The van der Waals surface area contributed by atoms with Crippen molar-refractivity contribution < 1.29 is 19.4 Å². The van der Waals surface area contributed by atoms with Crippen molar-refractivity contribution >= 4 is 23.6 Å². The zero-order valence-corrected chi connectivity index (χ0v) is 20.2. The molecule has 1 aromatic carbocycles. The van der Waals surface area contributed by atoms with E-state index in [1.165, 1.54) is 11.8 Å². The third-order valence-corrected chi connectivity index (χ3v) is 6.93. The lowest BCUT2D eigenvalue weighted by Crippen LogP contribution is -2.47. The number of methoxy groups -OCH3 is 1. The summed E-state index contributed by atoms with van der Waals surface area (Å²) in [6.45, 7) is 9.49. The number of hydrogen-bond donors (Lipinski definition) is 1. The van der Waals surface area contributed by atoms with Crippen LogP contribution in [0, 0.1) is 6.92 Å². The minimum absolute atomic E-state index is 0.0385. The Labute approximate surface area is 193 Å². The maximum absolute atomic E-state index is 13.2. The summed E-state index contributed by atoms with van der Waals surface area (Å²) in [5, 5.41) is 9.38. The number of imidazole rings is 1. The van der Waals surface area contributed by atoms with Crippen LogP contribution in [-0.4, -0.2) is 88.0 Å². The molecule has 0 spiro atoms. The fourth-order valence-electron chi connectivity index (χ4n) is 3.58. The fraction of sp³-hybridized carbons (Fsp3) is 0.522. The second-order valence-corrected chi connectivity index (χ2v) is 10.2. The van der Waals surface area contributed by atoms with Crippen LogP contribution in [0.1, 0.15) is 30.0 Å². The van der Waals surface area contributed by atoms with Gasteiger partial charge >= 0.3 is 5.97 Å². The molecule has 8 nitrogen and oxygen atoms in total. The number of benzene rings is 1. The van der Waals surface area contributed by atoms with E-state index < -0.39 is 10.7 Å². The van der Waals surface area contributed by atoms with Gasteiger partial charge in [-0.2, -0.15) is 0 Å². The number of rotatable bonds is 8. The summed E-state index contributed by atoms with van der Waals surface area (Å²) < 4.78 is 6.38. The van der Waals surface area contributed by atoms with E-state index in [4.69, 9.17) is 9.72 Å². The van der Waals surface area contributed by atoms with Crippen LogP contribution in [0.5, 0.6) is 0 Å². The number of aliphatic carboxylic acids is 1. The number of carbonyl (C=O) groups excluding carboxylic acids is 1. The van der Waals surface area contributed by atoms with Crippen molar-refractivity contribution in [2.45, 2.75) is 37.0 Å². The molecule has 9 heteroatoms. The average molecular weight is 461 g/mol. The molecule has 0 unspecified atom stereocenters. The zero-order valence-electron chi connectivity index (χ0n) is 19.4. The van der Waals surface area contributed by atoms with Crippen LogP contribution in [0.3, 0.4) is 0 Å². The van der Waals surface area contributed by atoms with Crippen LogP contribution in [0.4, 0.5) is 0 Å². The lowest BCUT2D eigenvalue weighted by atomic mass is 10.2. The normalized spacial score (nSPS) is 15.2. The van der Waals surface area contributed by atoms with E-state index in [2.05, 4.69) is 11.9 Å². The minimum Gasteiger partial charge on any atom is -0.480 e. The first kappa shape index (κ1) is 24.3. The molecule has 32 heavy (non-hydrogen) atoms. The standard InChI is InChI=1S/C23H32N4O4S/c1-16-19(21(28)26-12-10-25(4)11-13-26)24-20(27(16)14-15-31-5)17-6-8-18(9-7-17)32-23(2,3)22(29)30/h6-9H,10-15H2,1-5H3,(H,29,30). The number of nitrogens with zero attached hydrogens (tertiary/aromatic N) is 4. The molecule has 2 heterocycles. The Morgan fingerprint density at radius 1 is 1.16 bits per heavy atom. The lowest BCUT2D eigenvalue weighted by molar-refractivity contribution is -0.138. The van der Waals surface area contributed by atoms with E-state index >= 15 is 0 Å². The molecule has 1 aliphatic heterocycles. The van der Waals surface area contributed by atoms with Crippen LogP contribution in [0.2, 0.25) is 0 Å². The van der Waals surface area contributed by atoms with E-state index in [1.807, 2.05) is 40.7 Å². The third-order valence-electron chi connectivity index (χ3n) is 5.73. The van der Waals surface area contributed by atoms with E-state index in [-0.39, 0.29) is 5.91 Å². The molecule has 1 saturated heterocycles. The quantitative estimate of drug-likeness (QED) is 0.606. The molecular formula is C23H32N4O4S. The summed E-state index contributed by atoms with van der Waals surface area (Å²) in [6, 6.07) is 7.65. The van der Waals surface area contributed by atoms with E-state index in [0.29, 0.717) is 37.8 Å². The maximum atomic E-state index is 13.2. The molecule has 1 fully saturated rings. The summed E-state index contributed by atoms with van der Waals surface area (Å²) >= 11 is 1.30. The van der Waals surface area contributed by atoms with Gasteiger partial charge in [-0.25, -0.2) is 4.98 Å². The molecule has 1 N–H and O–H groups in total. The van der Waals surface area contributed by atoms with Gasteiger partial charge in [-0.1, -0.05) is 12.1 Å². The van der Waals surface area contributed by atoms with Gasteiger partial charge in [-0.3, -0.25) is 9.59 Å². The van der Waals surface area contributed by atoms with E-state index in [1.54, 1.807) is 21.0 Å². The average Bonchev–Trinajstić information content (AvgIpc) is 3.08. The summed E-state index contributed by atoms with van der Waals surface area (Å²) in [5.41, 5.74) is 2.18. The highest BCUT2D eigenvalue weighted by Gasteiger charge is 2.29. The highest BCUT2D eigenvalue weighted by atomic mass is 32.2. The van der Waals surface area contributed by atoms with Crippen molar-refractivity contribution in [2.24, 2.45) is 0 Å². The highest BCUT2D eigenvalue weighted by Crippen LogP contribution is 2.34. The number of carboxylic acids is 1. The Hall–Kier alpha value is -2.36. The van der Waals surface area contributed by atoms with Crippen molar-refractivity contribution in [1.82, 2.24) is 19.4 Å². The number of aromatic nitrogens is 2. The van der Waals surface area contributed by atoms with Crippen molar-refractivity contribution in [1.29, 1.82) is 0 Å². The molecule has 0 bridgehead atoms. The van der Waals surface area contributed by atoms with Gasteiger partial charge in [0.25, 0.3) is 5.91 Å². The van der Waals surface area contributed by atoms with Gasteiger partial charge < -0.3 is 24.2 Å². The molecule has 0 aliphatic carbocycles. The molecule has 2 aromatic rings. The van der Waals surface area contributed by atoms with Gasteiger partial charge in [0.2, 0.25) is 0 Å². The van der Waals surface area contributed by atoms with E-state index in [9.17, 15) is 14.7 Å². The molecule has 1 aromatic heterocycles.